The monoisotopic (exact) mass is 380 g/mol. The van der Waals surface area contributed by atoms with E-state index in [9.17, 15) is 9.59 Å². The number of esters is 1. The molecule has 2 rings (SSSR count). The maximum Gasteiger partial charge on any atom is 0.330 e. The molecule has 0 saturated carbocycles. The average Bonchev–Trinajstić information content (AvgIpc) is 2.67. The minimum absolute atomic E-state index is 0.197. The first-order valence-corrected chi connectivity index (χ1v) is 8.93. The van der Waals surface area contributed by atoms with Gasteiger partial charge in [0.15, 0.2) is 5.96 Å². The quantitative estimate of drug-likeness (QED) is 0.254. The second-order valence-corrected chi connectivity index (χ2v) is 5.93. The third-order valence-electron chi connectivity index (χ3n) is 3.86. The summed E-state index contributed by atoms with van der Waals surface area (Å²) in [4.78, 5) is 24.0. The van der Waals surface area contributed by atoms with Crippen molar-refractivity contribution in [1.82, 2.24) is 0 Å². The maximum absolute atomic E-state index is 12.6. The van der Waals surface area contributed by atoms with Crippen molar-refractivity contribution in [2.45, 2.75) is 20.3 Å². The van der Waals surface area contributed by atoms with Gasteiger partial charge in [0.05, 0.1) is 6.61 Å². The zero-order chi connectivity index (χ0) is 20.5. The number of aryl methyl sites for hydroxylation is 1. The zero-order valence-electron chi connectivity index (χ0n) is 15.9. The highest BCUT2D eigenvalue weighted by atomic mass is 16.5. The van der Waals surface area contributed by atoms with Gasteiger partial charge in [0.1, 0.15) is 0 Å². The Bertz CT molecular complexity index is 906. The van der Waals surface area contributed by atoms with Crippen molar-refractivity contribution in [2.75, 3.05) is 17.2 Å². The number of hydrogen-bond acceptors (Lipinski definition) is 4. The summed E-state index contributed by atoms with van der Waals surface area (Å²) in [5.41, 5.74) is 8.82. The largest absolute Gasteiger partial charge is 0.463 e. The molecule has 7 nitrogen and oxygen atoms in total. The van der Waals surface area contributed by atoms with E-state index in [0.29, 0.717) is 30.0 Å². The topological polar surface area (TPSA) is 117 Å². The summed E-state index contributed by atoms with van der Waals surface area (Å²) >= 11 is 0. The number of amides is 1. The summed E-state index contributed by atoms with van der Waals surface area (Å²) in [6.07, 6.45) is 3.77. The van der Waals surface area contributed by atoms with Gasteiger partial charge in [-0.1, -0.05) is 19.1 Å². The molecule has 28 heavy (non-hydrogen) atoms. The lowest BCUT2D eigenvalue weighted by Gasteiger charge is -2.12. The molecule has 2 aromatic rings. The maximum atomic E-state index is 12.6. The third-order valence-corrected chi connectivity index (χ3v) is 3.86. The molecular formula is C21H24N4O3. The fourth-order valence-corrected chi connectivity index (χ4v) is 2.57. The lowest BCUT2D eigenvalue weighted by Crippen LogP contribution is -2.21. The van der Waals surface area contributed by atoms with Crippen LogP contribution in [0.15, 0.2) is 48.5 Å². The summed E-state index contributed by atoms with van der Waals surface area (Å²) < 4.78 is 4.87. The molecular weight excluding hydrogens is 356 g/mol. The molecule has 0 aliphatic rings. The van der Waals surface area contributed by atoms with E-state index in [1.165, 1.54) is 6.08 Å². The van der Waals surface area contributed by atoms with Crippen LogP contribution in [0.1, 0.15) is 35.3 Å². The molecule has 0 aliphatic carbocycles. The van der Waals surface area contributed by atoms with E-state index in [1.54, 1.807) is 43.3 Å². The van der Waals surface area contributed by atoms with Gasteiger partial charge in [-0.2, -0.15) is 0 Å². The Morgan fingerprint density at radius 1 is 1.14 bits per heavy atom. The van der Waals surface area contributed by atoms with E-state index in [0.717, 1.165) is 11.1 Å². The Morgan fingerprint density at radius 2 is 1.93 bits per heavy atom. The Morgan fingerprint density at radius 3 is 2.61 bits per heavy atom. The van der Waals surface area contributed by atoms with Crippen LogP contribution < -0.4 is 16.4 Å². The molecule has 0 atom stereocenters. The van der Waals surface area contributed by atoms with Crippen molar-refractivity contribution in [3.8, 4) is 0 Å². The van der Waals surface area contributed by atoms with E-state index in [1.807, 2.05) is 19.1 Å². The first kappa shape index (κ1) is 20.7. The van der Waals surface area contributed by atoms with Gasteiger partial charge in [-0.3, -0.25) is 10.2 Å². The third kappa shape index (κ3) is 5.98. The van der Waals surface area contributed by atoms with Crippen molar-refractivity contribution in [2.24, 2.45) is 5.73 Å². The van der Waals surface area contributed by atoms with Gasteiger partial charge in [0.25, 0.3) is 5.91 Å². The van der Waals surface area contributed by atoms with Gasteiger partial charge in [-0.05, 0) is 60.9 Å². The normalized spacial score (nSPS) is 10.5. The van der Waals surface area contributed by atoms with Crippen LogP contribution in [0.3, 0.4) is 0 Å². The number of guanidine groups is 1. The molecule has 0 spiro atoms. The number of benzene rings is 2. The molecule has 2 aromatic carbocycles. The van der Waals surface area contributed by atoms with Gasteiger partial charge < -0.3 is 21.1 Å². The Hall–Kier alpha value is -3.61. The van der Waals surface area contributed by atoms with Crippen LogP contribution in [0.4, 0.5) is 11.4 Å². The van der Waals surface area contributed by atoms with Crippen molar-refractivity contribution >= 4 is 35.3 Å². The molecule has 5 N–H and O–H groups in total. The summed E-state index contributed by atoms with van der Waals surface area (Å²) in [5, 5.41) is 12.8. The Balaban J connectivity index is 2.16. The predicted molar refractivity (Wildman–Crippen MR) is 111 cm³/mol. The van der Waals surface area contributed by atoms with E-state index in [4.69, 9.17) is 15.9 Å². The minimum atomic E-state index is -0.392. The van der Waals surface area contributed by atoms with Gasteiger partial charge in [-0.25, -0.2) is 4.79 Å². The van der Waals surface area contributed by atoms with Crippen molar-refractivity contribution in [3.05, 3.63) is 65.2 Å². The van der Waals surface area contributed by atoms with Crippen LogP contribution in [-0.2, 0) is 16.0 Å². The first-order chi connectivity index (χ1) is 13.4. The van der Waals surface area contributed by atoms with Crippen molar-refractivity contribution in [1.29, 1.82) is 5.41 Å². The summed E-state index contributed by atoms with van der Waals surface area (Å²) in [6, 6.07) is 12.3. The molecule has 0 fully saturated rings. The smallest absolute Gasteiger partial charge is 0.330 e. The molecule has 0 heterocycles. The highest BCUT2D eigenvalue weighted by Crippen LogP contribution is 2.21. The zero-order valence-corrected chi connectivity index (χ0v) is 15.9. The highest BCUT2D eigenvalue weighted by molar-refractivity contribution is 6.05. The lowest BCUT2D eigenvalue weighted by atomic mass is 10.1. The number of nitrogens with two attached hydrogens (primary N) is 1. The van der Waals surface area contributed by atoms with Crippen LogP contribution in [0.2, 0.25) is 0 Å². The van der Waals surface area contributed by atoms with E-state index >= 15 is 0 Å². The number of rotatable bonds is 7. The number of ether oxygens (including phenoxy) is 1. The second-order valence-electron chi connectivity index (χ2n) is 5.93. The molecule has 1 amide bonds. The molecule has 0 aromatic heterocycles. The highest BCUT2D eigenvalue weighted by Gasteiger charge is 2.10. The first-order valence-electron chi connectivity index (χ1n) is 8.93. The number of carbonyl (C=O) groups excluding carboxylic acids is 2. The van der Waals surface area contributed by atoms with Gasteiger partial charge in [0.2, 0.25) is 0 Å². The number of hydrogen-bond donors (Lipinski definition) is 4. The molecule has 146 valence electrons. The number of carbonyl (C=O) groups is 2. The predicted octanol–water partition coefficient (Wildman–Crippen LogP) is 3.38. The SMILES string of the molecule is CCOC(=O)C=Cc1ccc(NC(=O)c2cccc(NC(=N)N)c2)c(CC)c1. The van der Waals surface area contributed by atoms with Gasteiger partial charge >= 0.3 is 5.97 Å². The van der Waals surface area contributed by atoms with Crippen LogP contribution in [0, 0.1) is 5.41 Å². The van der Waals surface area contributed by atoms with Crippen LogP contribution >= 0.6 is 0 Å². The van der Waals surface area contributed by atoms with Crippen molar-refractivity contribution in [3.63, 3.8) is 0 Å². The number of anilines is 2. The molecule has 0 bridgehead atoms. The molecule has 0 unspecified atom stereocenters. The molecule has 0 radical (unpaired) electrons. The second kappa shape index (κ2) is 9.91. The fraction of sp³-hybridized carbons (Fsp3) is 0.190. The van der Waals surface area contributed by atoms with Crippen LogP contribution in [0.25, 0.3) is 6.08 Å². The number of nitrogens with one attached hydrogen (secondary N) is 3. The van der Waals surface area contributed by atoms with E-state index in [2.05, 4.69) is 10.6 Å². The summed E-state index contributed by atoms with van der Waals surface area (Å²) in [6.45, 7) is 4.07. The van der Waals surface area contributed by atoms with Crippen molar-refractivity contribution < 1.29 is 14.3 Å². The standard InChI is InChI=1S/C21H24N4O3/c1-3-15-12-14(9-11-19(26)28-4-2)8-10-18(15)25-20(27)16-6-5-7-17(13-16)24-21(22)23/h5-13H,3-4H2,1-2H3,(H,25,27)(H4,22,23,24). The fourth-order valence-electron chi connectivity index (χ4n) is 2.57. The lowest BCUT2D eigenvalue weighted by molar-refractivity contribution is -0.137. The molecule has 7 heteroatoms. The summed E-state index contributed by atoms with van der Waals surface area (Å²) in [5.74, 6) is -0.856. The van der Waals surface area contributed by atoms with E-state index < -0.39 is 5.97 Å². The van der Waals surface area contributed by atoms with Gasteiger partial charge in [-0.15, -0.1) is 0 Å². The van der Waals surface area contributed by atoms with Crippen LogP contribution in [-0.4, -0.2) is 24.4 Å². The van der Waals surface area contributed by atoms with Gasteiger partial charge in [0, 0.05) is 23.0 Å². The van der Waals surface area contributed by atoms with Crippen LogP contribution in [0.5, 0.6) is 0 Å². The molecule has 0 aliphatic heterocycles. The molecule has 0 saturated heterocycles. The Labute approximate surface area is 164 Å². The summed E-state index contributed by atoms with van der Waals surface area (Å²) in [7, 11) is 0. The van der Waals surface area contributed by atoms with E-state index in [-0.39, 0.29) is 11.9 Å². The average molecular weight is 380 g/mol. The minimum Gasteiger partial charge on any atom is -0.463 e. The Kier molecular flexibility index (Phi) is 7.33.